The van der Waals surface area contributed by atoms with Crippen LogP contribution >= 0.6 is 0 Å². The van der Waals surface area contributed by atoms with Crippen molar-refractivity contribution in [3.05, 3.63) is 36.2 Å². The minimum Gasteiger partial charge on any atom is -0.378 e. The van der Waals surface area contributed by atoms with E-state index in [1.807, 2.05) is 6.07 Å². The molecule has 8 nitrogen and oxygen atoms in total. The summed E-state index contributed by atoms with van der Waals surface area (Å²) < 4.78 is 34.8. The lowest BCUT2D eigenvalue weighted by Gasteiger charge is -2.30. The zero-order valence-electron chi connectivity index (χ0n) is 17.8. The van der Waals surface area contributed by atoms with Crippen molar-refractivity contribution >= 4 is 22.8 Å². The minimum atomic E-state index is -2.74. The third kappa shape index (κ3) is 4.24. The Morgan fingerprint density at radius 1 is 1.00 bits per heavy atom. The van der Waals surface area contributed by atoms with Crippen LogP contribution in [0.15, 0.2) is 30.3 Å². The third-order valence-corrected chi connectivity index (χ3v) is 6.15. The number of ether oxygens (including phenoxy) is 1. The van der Waals surface area contributed by atoms with Gasteiger partial charge in [-0.25, -0.2) is 13.8 Å². The van der Waals surface area contributed by atoms with Crippen molar-refractivity contribution in [3.8, 4) is 5.82 Å². The summed E-state index contributed by atoms with van der Waals surface area (Å²) in [6.45, 7) is 2.55. The van der Waals surface area contributed by atoms with Crippen molar-refractivity contribution in [1.82, 2.24) is 19.5 Å². The number of imidazole rings is 1. The number of hydrogen-bond acceptors (Lipinski definition) is 7. The van der Waals surface area contributed by atoms with E-state index in [0.29, 0.717) is 54.9 Å². The highest BCUT2D eigenvalue weighted by Gasteiger charge is 2.24. The Hall–Kier alpha value is -2.85. The second kappa shape index (κ2) is 8.95. The Kier molecular flexibility index (Phi) is 5.88. The molecular weight excluding hydrogens is 416 g/mol. The molecule has 1 aliphatic heterocycles. The van der Waals surface area contributed by atoms with Crippen LogP contribution in [0.3, 0.4) is 0 Å². The molecule has 0 radical (unpaired) electrons. The van der Waals surface area contributed by atoms with E-state index in [1.54, 1.807) is 24.3 Å². The molecule has 2 aromatic heterocycles. The van der Waals surface area contributed by atoms with Crippen molar-refractivity contribution in [2.24, 2.45) is 5.73 Å². The van der Waals surface area contributed by atoms with Gasteiger partial charge in [0.05, 0.1) is 24.2 Å². The van der Waals surface area contributed by atoms with Crippen molar-refractivity contribution in [1.29, 1.82) is 0 Å². The van der Waals surface area contributed by atoms with Crippen LogP contribution in [0.5, 0.6) is 0 Å². The first-order valence-electron chi connectivity index (χ1n) is 11.1. The number of fused-ring (bicyclic) bond motifs is 1. The van der Waals surface area contributed by atoms with E-state index in [0.717, 1.165) is 25.7 Å². The Morgan fingerprint density at radius 3 is 2.47 bits per heavy atom. The number of anilines is 2. The highest BCUT2D eigenvalue weighted by Crippen LogP contribution is 2.30. The van der Waals surface area contributed by atoms with Crippen molar-refractivity contribution in [3.63, 3.8) is 0 Å². The van der Waals surface area contributed by atoms with Crippen LogP contribution in [0.4, 0.5) is 20.5 Å². The van der Waals surface area contributed by atoms with Gasteiger partial charge in [-0.2, -0.15) is 9.97 Å². The summed E-state index contributed by atoms with van der Waals surface area (Å²) in [6.07, 6.45) is 1.00. The first-order chi connectivity index (χ1) is 15.6. The second-order valence-corrected chi connectivity index (χ2v) is 8.36. The molecule has 0 spiro atoms. The van der Waals surface area contributed by atoms with E-state index in [4.69, 9.17) is 15.5 Å². The molecule has 10 heteroatoms. The van der Waals surface area contributed by atoms with Gasteiger partial charge in [0, 0.05) is 31.2 Å². The molecule has 0 amide bonds. The molecule has 3 N–H and O–H groups in total. The van der Waals surface area contributed by atoms with Gasteiger partial charge in [-0.05, 0) is 37.8 Å². The molecule has 32 heavy (non-hydrogen) atoms. The average Bonchev–Trinajstić information content (AvgIpc) is 3.21. The number of aromatic nitrogens is 4. The monoisotopic (exact) mass is 443 g/mol. The number of nitrogens with one attached hydrogen (secondary N) is 1. The van der Waals surface area contributed by atoms with Crippen LogP contribution in [0.25, 0.3) is 16.9 Å². The van der Waals surface area contributed by atoms with E-state index in [1.165, 1.54) is 4.57 Å². The fraction of sp³-hybridized carbons (Fsp3) is 0.500. The molecule has 0 atom stereocenters. The maximum absolute atomic E-state index is 13.9. The molecule has 1 aromatic carbocycles. The van der Waals surface area contributed by atoms with Crippen LogP contribution in [0.1, 0.15) is 37.9 Å². The van der Waals surface area contributed by atoms with Crippen LogP contribution in [-0.4, -0.2) is 57.9 Å². The standard InChI is InChI=1S/C22H27F2N7O/c23-20(24)21-27-16-3-1-2-4-17(16)31(21)19-13-18(30-9-11-32-12-10-30)28-22(29-19)26-15-7-5-14(25)6-8-15/h1-4,13-15,20H,5-12,25H2,(H,26,28,29)/t14-,15+. The lowest BCUT2D eigenvalue weighted by atomic mass is 9.92. The maximum atomic E-state index is 13.9. The number of rotatable bonds is 5. The summed E-state index contributed by atoms with van der Waals surface area (Å²) in [5.74, 6) is 1.17. The summed E-state index contributed by atoms with van der Waals surface area (Å²) in [5, 5.41) is 3.42. The van der Waals surface area contributed by atoms with Gasteiger partial charge in [0.25, 0.3) is 6.43 Å². The number of morpholine rings is 1. The lowest BCUT2D eigenvalue weighted by molar-refractivity contribution is 0.122. The van der Waals surface area contributed by atoms with Gasteiger partial charge in [0.1, 0.15) is 11.6 Å². The van der Waals surface area contributed by atoms with Crippen LogP contribution < -0.4 is 16.0 Å². The molecule has 0 bridgehead atoms. The average molecular weight is 444 g/mol. The maximum Gasteiger partial charge on any atom is 0.296 e. The van der Waals surface area contributed by atoms with Gasteiger partial charge in [-0.15, -0.1) is 0 Å². The summed E-state index contributed by atoms with van der Waals surface area (Å²) in [6, 6.07) is 9.30. The number of nitrogens with two attached hydrogens (primary N) is 1. The summed E-state index contributed by atoms with van der Waals surface area (Å²) in [5.41, 5.74) is 7.13. The molecule has 3 aromatic rings. The second-order valence-electron chi connectivity index (χ2n) is 8.36. The molecule has 1 aliphatic carbocycles. The molecule has 3 heterocycles. The summed E-state index contributed by atoms with van der Waals surface area (Å²) in [4.78, 5) is 15.6. The fourth-order valence-corrected chi connectivity index (χ4v) is 4.43. The predicted molar refractivity (Wildman–Crippen MR) is 119 cm³/mol. The topological polar surface area (TPSA) is 94.1 Å². The molecule has 1 saturated carbocycles. The van der Waals surface area contributed by atoms with Gasteiger partial charge < -0.3 is 20.7 Å². The van der Waals surface area contributed by atoms with Crippen LogP contribution in [0.2, 0.25) is 0 Å². The fourth-order valence-electron chi connectivity index (χ4n) is 4.43. The predicted octanol–water partition coefficient (Wildman–Crippen LogP) is 3.27. The molecular formula is C22H27F2N7O. The van der Waals surface area contributed by atoms with Crippen LogP contribution in [0, 0.1) is 0 Å². The highest BCUT2D eigenvalue weighted by molar-refractivity contribution is 5.78. The molecule has 2 aliphatic rings. The van der Waals surface area contributed by atoms with Gasteiger partial charge in [0.2, 0.25) is 5.95 Å². The number of hydrogen-bond donors (Lipinski definition) is 2. The number of alkyl halides is 2. The van der Waals surface area contributed by atoms with Gasteiger partial charge in [0.15, 0.2) is 5.82 Å². The lowest BCUT2D eigenvalue weighted by Crippen LogP contribution is -2.37. The van der Waals surface area contributed by atoms with Gasteiger partial charge >= 0.3 is 0 Å². The molecule has 0 unspecified atom stereocenters. The van der Waals surface area contributed by atoms with E-state index < -0.39 is 6.43 Å². The Morgan fingerprint density at radius 2 is 1.72 bits per heavy atom. The number of nitrogens with zero attached hydrogens (tertiary/aromatic N) is 5. The Bertz CT molecular complexity index is 1080. The summed E-state index contributed by atoms with van der Waals surface area (Å²) in [7, 11) is 0. The normalized spacial score (nSPS) is 21.9. The number of benzene rings is 1. The zero-order chi connectivity index (χ0) is 22.1. The van der Waals surface area contributed by atoms with E-state index in [-0.39, 0.29) is 17.9 Å². The largest absolute Gasteiger partial charge is 0.378 e. The third-order valence-electron chi connectivity index (χ3n) is 6.15. The van der Waals surface area contributed by atoms with Crippen molar-refractivity contribution in [2.75, 3.05) is 36.5 Å². The minimum absolute atomic E-state index is 0.205. The first kappa shape index (κ1) is 21.0. The Balaban J connectivity index is 1.58. The van der Waals surface area contributed by atoms with E-state index in [2.05, 4.69) is 20.2 Å². The first-order valence-corrected chi connectivity index (χ1v) is 11.1. The van der Waals surface area contributed by atoms with Crippen LogP contribution in [-0.2, 0) is 4.74 Å². The SMILES string of the molecule is N[C@H]1CC[C@@H](Nc2nc(N3CCOCC3)cc(-n3c(C(F)F)nc4ccccc43)n2)CC1. The molecule has 5 rings (SSSR count). The smallest absolute Gasteiger partial charge is 0.296 e. The van der Waals surface area contributed by atoms with Gasteiger partial charge in [-0.1, -0.05) is 12.1 Å². The van der Waals surface area contributed by atoms with E-state index >= 15 is 0 Å². The quantitative estimate of drug-likeness (QED) is 0.625. The van der Waals surface area contributed by atoms with Crippen molar-refractivity contribution < 1.29 is 13.5 Å². The van der Waals surface area contributed by atoms with E-state index in [9.17, 15) is 8.78 Å². The summed E-state index contributed by atoms with van der Waals surface area (Å²) >= 11 is 0. The molecule has 2 fully saturated rings. The number of para-hydroxylation sites is 2. The molecule has 170 valence electrons. The highest BCUT2D eigenvalue weighted by atomic mass is 19.3. The zero-order valence-corrected chi connectivity index (χ0v) is 17.8. The van der Waals surface area contributed by atoms with Gasteiger partial charge in [-0.3, -0.25) is 4.57 Å². The Labute approximate surface area is 184 Å². The molecule has 1 saturated heterocycles. The van der Waals surface area contributed by atoms with Crippen molar-refractivity contribution in [2.45, 2.75) is 44.2 Å². The number of halogens is 2.